The van der Waals surface area contributed by atoms with Gasteiger partial charge in [0, 0.05) is 44.0 Å². The van der Waals surface area contributed by atoms with Gasteiger partial charge in [-0.25, -0.2) is 4.39 Å². The average molecular weight is 329 g/mol. The maximum Gasteiger partial charge on any atom is 0.223 e. The van der Waals surface area contributed by atoms with Crippen molar-refractivity contribution in [2.45, 2.75) is 25.4 Å². The zero-order valence-corrected chi connectivity index (χ0v) is 13.3. The minimum absolute atomic E-state index is 0.0139. The van der Waals surface area contributed by atoms with Crippen molar-refractivity contribution in [3.8, 4) is 0 Å². The molecule has 24 heavy (non-hydrogen) atoms. The van der Waals surface area contributed by atoms with E-state index in [1.165, 1.54) is 12.1 Å². The molecule has 1 saturated heterocycles. The monoisotopic (exact) mass is 329 g/mol. The average Bonchev–Trinajstić information content (AvgIpc) is 2.95. The molecule has 0 saturated carbocycles. The Labute approximate surface area is 140 Å². The lowest BCUT2D eigenvalue weighted by Crippen LogP contribution is -2.29. The molecule has 1 fully saturated rings. The summed E-state index contributed by atoms with van der Waals surface area (Å²) in [6.45, 7) is 0.854. The van der Waals surface area contributed by atoms with Crippen molar-refractivity contribution in [3.05, 3.63) is 59.9 Å². The molecule has 2 aromatic rings. The number of benzene rings is 1. The van der Waals surface area contributed by atoms with Crippen LogP contribution in [0.1, 0.15) is 17.7 Å². The second kappa shape index (κ2) is 7.49. The van der Waals surface area contributed by atoms with Crippen LogP contribution in [0.2, 0.25) is 0 Å². The highest BCUT2D eigenvalue weighted by atomic mass is 19.1. The highest BCUT2D eigenvalue weighted by Gasteiger charge is 2.33. The lowest BCUT2D eigenvalue weighted by Gasteiger charge is -2.16. The first kappa shape index (κ1) is 16.5. The van der Waals surface area contributed by atoms with Crippen LogP contribution in [0.3, 0.4) is 0 Å². The molecule has 1 aromatic carbocycles. The molecule has 2 heterocycles. The molecule has 3 rings (SSSR count). The van der Waals surface area contributed by atoms with Crippen LogP contribution in [0, 0.1) is 11.7 Å². The lowest BCUT2D eigenvalue weighted by atomic mass is 10.0. The van der Waals surface area contributed by atoms with Gasteiger partial charge in [0.1, 0.15) is 5.82 Å². The number of carbonyl (C=O) groups excluding carboxylic acids is 1. The number of β-amino-alcohol motifs (C(OH)–C–C–N with tert-alkyl or cyclic N) is 1. The van der Waals surface area contributed by atoms with Crippen molar-refractivity contribution in [2.24, 2.45) is 5.92 Å². The summed E-state index contributed by atoms with van der Waals surface area (Å²) in [6.07, 6.45) is 5.77. The number of rotatable bonds is 5. The predicted molar refractivity (Wildman–Crippen MR) is 86.5 cm³/mol. The van der Waals surface area contributed by atoms with Gasteiger partial charge in [0.15, 0.2) is 0 Å². The summed E-state index contributed by atoms with van der Waals surface area (Å²) in [4.78, 5) is 22.3. The summed E-state index contributed by atoms with van der Waals surface area (Å²) in [5.74, 6) is -0.333. The van der Waals surface area contributed by atoms with E-state index < -0.39 is 6.10 Å². The van der Waals surface area contributed by atoms with E-state index in [1.807, 2.05) is 6.07 Å². The zero-order chi connectivity index (χ0) is 16.9. The molecule has 1 N–H and O–H groups in total. The van der Waals surface area contributed by atoms with Crippen LogP contribution in [0.15, 0.2) is 42.9 Å². The van der Waals surface area contributed by atoms with Crippen LogP contribution < -0.4 is 0 Å². The van der Waals surface area contributed by atoms with E-state index in [-0.39, 0.29) is 17.6 Å². The van der Waals surface area contributed by atoms with E-state index in [0.29, 0.717) is 32.4 Å². The number of hydrogen-bond donors (Lipinski definition) is 1. The highest BCUT2D eigenvalue weighted by Crippen LogP contribution is 2.21. The third-order valence-electron chi connectivity index (χ3n) is 4.36. The van der Waals surface area contributed by atoms with Gasteiger partial charge in [-0.2, -0.15) is 0 Å². The van der Waals surface area contributed by atoms with E-state index in [4.69, 9.17) is 0 Å². The first-order chi connectivity index (χ1) is 11.6. The summed E-state index contributed by atoms with van der Waals surface area (Å²) >= 11 is 0. The molecule has 6 heteroatoms. The highest BCUT2D eigenvalue weighted by molar-refractivity contribution is 5.76. The molecule has 0 unspecified atom stereocenters. The Morgan fingerprint density at radius 3 is 2.96 bits per heavy atom. The van der Waals surface area contributed by atoms with Crippen LogP contribution in [-0.2, 0) is 17.6 Å². The van der Waals surface area contributed by atoms with Gasteiger partial charge in [-0.1, -0.05) is 12.1 Å². The van der Waals surface area contributed by atoms with Crippen molar-refractivity contribution < 1.29 is 14.3 Å². The fourth-order valence-corrected chi connectivity index (χ4v) is 3.06. The predicted octanol–water partition coefficient (Wildman–Crippen LogP) is 1.61. The van der Waals surface area contributed by atoms with Crippen LogP contribution in [-0.4, -0.2) is 45.1 Å². The number of likely N-dealkylation sites (tertiary alicyclic amines) is 1. The van der Waals surface area contributed by atoms with Gasteiger partial charge in [-0.15, -0.1) is 0 Å². The molecule has 1 amide bonds. The second-order valence-electron chi connectivity index (χ2n) is 6.16. The Bertz CT molecular complexity index is 696. The van der Waals surface area contributed by atoms with Crippen LogP contribution in [0.5, 0.6) is 0 Å². The molecule has 5 nitrogen and oxygen atoms in total. The Morgan fingerprint density at radius 2 is 2.21 bits per heavy atom. The van der Waals surface area contributed by atoms with Crippen LogP contribution in [0.25, 0.3) is 0 Å². The number of hydrogen-bond acceptors (Lipinski definition) is 4. The Kier molecular flexibility index (Phi) is 5.15. The lowest BCUT2D eigenvalue weighted by molar-refractivity contribution is -0.130. The van der Waals surface area contributed by atoms with Gasteiger partial charge in [0.2, 0.25) is 5.91 Å². The summed E-state index contributed by atoms with van der Waals surface area (Å²) in [5.41, 5.74) is 1.62. The SMILES string of the molecule is O=C(CCc1cccc(F)c1)N1C[C@@H](Cc2cnccn2)[C@H](O)C1. The van der Waals surface area contributed by atoms with E-state index in [0.717, 1.165) is 11.3 Å². The summed E-state index contributed by atoms with van der Waals surface area (Å²) in [5, 5.41) is 10.2. The minimum atomic E-state index is -0.551. The first-order valence-electron chi connectivity index (χ1n) is 8.07. The molecular weight excluding hydrogens is 309 g/mol. The summed E-state index contributed by atoms with van der Waals surface area (Å²) < 4.78 is 13.2. The van der Waals surface area contributed by atoms with Gasteiger partial charge in [0.25, 0.3) is 0 Å². The van der Waals surface area contributed by atoms with E-state index in [1.54, 1.807) is 29.6 Å². The molecule has 0 aliphatic carbocycles. The van der Waals surface area contributed by atoms with E-state index in [9.17, 15) is 14.3 Å². The molecule has 126 valence electrons. The summed E-state index contributed by atoms with van der Waals surface area (Å²) in [7, 11) is 0. The van der Waals surface area contributed by atoms with Crippen molar-refractivity contribution in [1.29, 1.82) is 0 Å². The quantitative estimate of drug-likeness (QED) is 0.905. The van der Waals surface area contributed by atoms with Crippen molar-refractivity contribution in [1.82, 2.24) is 14.9 Å². The molecule has 0 spiro atoms. The molecule has 1 aliphatic heterocycles. The zero-order valence-electron chi connectivity index (χ0n) is 13.3. The molecule has 2 atom stereocenters. The van der Waals surface area contributed by atoms with Crippen molar-refractivity contribution in [2.75, 3.05) is 13.1 Å². The smallest absolute Gasteiger partial charge is 0.223 e. The van der Waals surface area contributed by atoms with Gasteiger partial charge in [-0.05, 0) is 30.5 Å². The number of carbonyl (C=O) groups is 1. The maximum atomic E-state index is 13.2. The second-order valence-corrected chi connectivity index (χ2v) is 6.16. The number of amides is 1. The number of aliphatic hydroxyl groups excluding tert-OH is 1. The van der Waals surface area contributed by atoms with Gasteiger partial charge < -0.3 is 10.0 Å². The number of aryl methyl sites for hydroxylation is 1. The molecule has 1 aliphatic rings. The Morgan fingerprint density at radius 1 is 1.33 bits per heavy atom. The van der Waals surface area contributed by atoms with Gasteiger partial charge >= 0.3 is 0 Å². The Balaban J connectivity index is 1.53. The van der Waals surface area contributed by atoms with Crippen molar-refractivity contribution >= 4 is 5.91 Å². The van der Waals surface area contributed by atoms with Crippen molar-refractivity contribution in [3.63, 3.8) is 0 Å². The van der Waals surface area contributed by atoms with Gasteiger partial charge in [-0.3, -0.25) is 14.8 Å². The number of halogens is 1. The molecular formula is C18H20FN3O2. The first-order valence-corrected chi connectivity index (χ1v) is 8.07. The summed E-state index contributed by atoms with van der Waals surface area (Å²) in [6, 6.07) is 6.29. The number of aliphatic hydroxyl groups is 1. The van der Waals surface area contributed by atoms with E-state index in [2.05, 4.69) is 9.97 Å². The third-order valence-corrected chi connectivity index (χ3v) is 4.36. The molecule has 0 radical (unpaired) electrons. The topological polar surface area (TPSA) is 66.3 Å². The Hall–Kier alpha value is -2.34. The normalized spacial score (nSPS) is 20.3. The molecule has 0 bridgehead atoms. The molecule has 1 aromatic heterocycles. The van der Waals surface area contributed by atoms with E-state index >= 15 is 0 Å². The standard InChI is InChI=1S/C18H20FN3O2/c19-15-3-1-2-13(8-15)4-5-18(24)22-11-14(17(23)12-22)9-16-10-20-6-7-21-16/h1-3,6-8,10,14,17,23H,4-5,9,11-12H2/t14-,17-/m1/s1. The fraction of sp³-hybridized carbons (Fsp3) is 0.389. The largest absolute Gasteiger partial charge is 0.391 e. The van der Waals surface area contributed by atoms with Gasteiger partial charge in [0.05, 0.1) is 11.8 Å². The van der Waals surface area contributed by atoms with Crippen LogP contribution in [0.4, 0.5) is 4.39 Å². The number of aromatic nitrogens is 2. The third kappa shape index (κ3) is 4.14. The van der Waals surface area contributed by atoms with Crippen LogP contribution >= 0.6 is 0 Å². The number of nitrogens with zero attached hydrogens (tertiary/aromatic N) is 3. The maximum absolute atomic E-state index is 13.2. The fourth-order valence-electron chi connectivity index (χ4n) is 3.06. The minimum Gasteiger partial charge on any atom is -0.391 e.